The Labute approximate surface area is 172 Å². The second kappa shape index (κ2) is 9.69. The minimum absolute atomic E-state index is 0.0165. The predicted molar refractivity (Wildman–Crippen MR) is 110 cm³/mol. The minimum Gasteiger partial charge on any atom is -0.325 e. The third-order valence-corrected chi connectivity index (χ3v) is 4.65. The Balaban J connectivity index is 1.77. The van der Waals surface area contributed by atoms with Crippen LogP contribution in [0.3, 0.4) is 0 Å². The first-order chi connectivity index (χ1) is 14.4. The molecule has 0 saturated carbocycles. The molecule has 0 spiro atoms. The summed E-state index contributed by atoms with van der Waals surface area (Å²) in [6, 6.07) is 3.92. The molecule has 160 valence electrons. The van der Waals surface area contributed by atoms with Crippen molar-refractivity contribution >= 4 is 23.4 Å². The molecule has 0 aromatic carbocycles. The van der Waals surface area contributed by atoms with Gasteiger partial charge in [0, 0.05) is 24.8 Å². The van der Waals surface area contributed by atoms with Crippen molar-refractivity contribution in [1.82, 2.24) is 14.8 Å². The standard InChI is InChI=1S/C21H24F3N5O/c1-2-3-4-5-8-20(30)27-16-9-10-19(26-14-16)29-18(21(22,23)24)12-17(28-29)15-7-6-11-25-13-15/h7,9-10,12-14H,2-6,8,11H2,1H3,(H,27,30). The monoisotopic (exact) mass is 419 g/mol. The first kappa shape index (κ1) is 21.7. The van der Waals surface area contributed by atoms with Gasteiger partial charge in [-0.15, -0.1) is 0 Å². The highest BCUT2D eigenvalue weighted by Gasteiger charge is 2.37. The number of aromatic nitrogens is 3. The molecule has 0 fully saturated rings. The maximum atomic E-state index is 13.5. The van der Waals surface area contributed by atoms with Gasteiger partial charge in [-0.25, -0.2) is 9.67 Å². The molecule has 1 aliphatic heterocycles. The summed E-state index contributed by atoms with van der Waals surface area (Å²) in [5, 5.41) is 6.83. The van der Waals surface area contributed by atoms with Gasteiger partial charge in [-0.2, -0.15) is 18.3 Å². The van der Waals surface area contributed by atoms with Crippen molar-refractivity contribution in [3.63, 3.8) is 0 Å². The summed E-state index contributed by atoms with van der Waals surface area (Å²) in [7, 11) is 0. The first-order valence-corrected chi connectivity index (χ1v) is 10.0. The average molecular weight is 419 g/mol. The Bertz CT molecular complexity index is 929. The molecule has 9 heteroatoms. The summed E-state index contributed by atoms with van der Waals surface area (Å²) < 4.78 is 41.4. The summed E-state index contributed by atoms with van der Waals surface area (Å²) >= 11 is 0. The molecule has 0 bridgehead atoms. The van der Waals surface area contributed by atoms with Crippen LogP contribution < -0.4 is 5.32 Å². The number of hydrogen-bond donors (Lipinski definition) is 1. The Kier molecular flexibility index (Phi) is 7.02. The number of carbonyl (C=O) groups is 1. The lowest BCUT2D eigenvalue weighted by atomic mass is 10.1. The minimum atomic E-state index is -4.59. The Hall–Kier alpha value is -2.97. The molecule has 0 radical (unpaired) electrons. The number of allylic oxidation sites excluding steroid dienone is 1. The fourth-order valence-corrected chi connectivity index (χ4v) is 3.10. The summed E-state index contributed by atoms with van der Waals surface area (Å²) in [6.07, 6.45) is 5.11. The summed E-state index contributed by atoms with van der Waals surface area (Å²) in [5.41, 5.74) is 0.259. The predicted octanol–water partition coefficient (Wildman–Crippen LogP) is 5.05. The Morgan fingerprint density at radius 3 is 2.70 bits per heavy atom. The lowest BCUT2D eigenvalue weighted by Gasteiger charge is -2.10. The number of pyridine rings is 1. The van der Waals surface area contributed by atoms with Crippen molar-refractivity contribution in [2.75, 3.05) is 11.9 Å². The third kappa shape index (κ3) is 5.55. The average Bonchev–Trinajstić information content (AvgIpc) is 3.19. The van der Waals surface area contributed by atoms with Crippen LogP contribution in [0.1, 0.15) is 56.8 Å². The zero-order valence-electron chi connectivity index (χ0n) is 16.7. The molecule has 1 aliphatic rings. The molecule has 1 N–H and O–H groups in total. The molecule has 0 atom stereocenters. The van der Waals surface area contributed by atoms with Crippen LogP contribution in [0.2, 0.25) is 0 Å². The van der Waals surface area contributed by atoms with Gasteiger partial charge in [0.2, 0.25) is 5.91 Å². The Morgan fingerprint density at radius 2 is 2.07 bits per heavy atom. The highest BCUT2D eigenvalue weighted by atomic mass is 19.4. The van der Waals surface area contributed by atoms with Gasteiger partial charge in [-0.3, -0.25) is 9.79 Å². The number of rotatable bonds is 8. The van der Waals surface area contributed by atoms with E-state index in [1.54, 1.807) is 0 Å². The van der Waals surface area contributed by atoms with Crippen LogP contribution in [0.15, 0.2) is 35.5 Å². The van der Waals surface area contributed by atoms with E-state index in [4.69, 9.17) is 0 Å². The van der Waals surface area contributed by atoms with E-state index in [1.807, 2.05) is 6.08 Å². The first-order valence-electron chi connectivity index (χ1n) is 10.0. The van der Waals surface area contributed by atoms with E-state index >= 15 is 0 Å². The third-order valence-electron chi connectivity index (χ3n) is 4.65. The fourth-order valence-electron chi connectivity index (χ4n) is 3.10. The lowest BCUT2D eigenvalue weighted by molar-refractivity contribution is -0.142. The quantitative estimate of drug-likeness (QED) is 0.609. The maximum Gasteiger partial charge on any atom is 0.433 e. The zero-order valence-corrected chi connectivity index (χ0v) is 16.7. The summed E-state index contributed by atoms with van der Waals surface area (Å²) in [5.74, 6) is -0.121. The second-order valence-electron chi connectivity index (χ2n) is 7.07. The highest BCUT2D eigenvalue weighted by Crippen LogP contribution is 2.33. The van der Waals surface area contributed by atoms with Gasteiger partial charge < -0.3 is 5.32 Å². The van der Waals surface area contributed by atoms with Crippen molar-refractivity contribution in [1.29, 1.82) is 0 Å². The number of hydrogen-bond acceptors (Lipinski definition) is 4. The number of alkyl halides is 3. The van der Waals surface area contributed by atoms with E-state index in [0.29, 0.717) is 30.6 Å². The number of anilines is 1. The Morgan fingerprint density at radius 1 is 1.23 bits per heavy atom. The molecule has 3 heterocycles. The van der Waals surface area contributed by atoms with Crippen molar-refractivity contribution in [2.45, 2.75) is 51.6 Å². The normalized spacial score (nSPS) is 13.9. The molecular formula is C21H24F3N5O. The number of carbonyl (C=O) groups excluding carboxylic acids is 1. The molecule has 2 aromatic rings. The van der Waals surface area contributed by atoms with E-state index in [-0.39, 0.29) is 17.4 Å². The topological polar surface area (TPSA) is 72.2 Å². The van der Waals surface area contributed by atoms with E-state index in [1.165, 1.54) is 24.5 Å². The van der Waals surface area contributed by atoms with E-state index in [0.717, 1.165) is 36.4 Å². The van der Waals surface area contributed by atoms with Crippen molar-refractivity contribution in [3.05, 3.63) is 41.9 Å². The van der Waals surface area contributed by atoms with E-state index < -0.39 is 11.9 Å². The molecule has 0 saturated heterocycles. The molecule has 0 aliphatic carbocycles. The van der Waals surface area contributed by atoms with Gasteiger partial charge in [0.05, 0.1) is 17.6 Å². The van der Waals surface area contributed by atoms with Gasteiger partial charge >= 0.3 is 6.18 Å². The van der Waals surface area contributed by atoms with Crippen LogP contribution in [0.25, 0.3) is 11.4 Å². The number of nitrogens with zero attached hydrogens (tertiary/aromatic N) is 4. The van der Waals surface area contributed by atoms with Crippen molar-refractivity contribution < 1.29 is 18.0 Å². The van der Waals surface area contributed by atoms with Gasteiger partial charge in [-0.05, 0) is 31.0 Å². The van der Waals surface area contributed by atoms with Gasteiger partial charge in [0.1, 0.15) is 0 Å². The van der Waals surface area contributed by atoms with Gasteiger partial charge in [0.25, 0.3) is 0 Å². The largest absolute Gasteiger partial charge is 0.433 e. The van der Waals surface area contributed by atoms with Crippen LogP contribution in [0, 0.1) is 0 Å². The molecule has 6 nitrogen and oxygen atoms in total. The van der Waals surface area contributed by atoms with Crippen LogP contribution in [-0.2, 0) is 11.0 Å². The fraction of sp³-hybridized carbons (Fsp3) is 0.429. The lowest BCUT2D eigenvalue weighted by Crippen LogP contribution is -2.15. The van der Waals surface area contributed by atoms with Crippen molar-refractivity contribution in [2.24, 2.45) is 4.99 Å². The highest BCUT2D eigenvalue weighted by molar-refractivity contribution is 6.09. The van der Waals surface area contributed by atoms with Crippen LogP contribution in [0.4, 0.5) is 18.9 Å². The smallest absolute Gasteiger partial charge is 0.325 e. The molecule has 3 rings (SSSR count). The number of aliphatic imine (C=N–C) groups is 1. The second-order valence-corrected chi connectivity index (χ2v) is 7.07. The number of amides is 1. The zero-order chi connectivity index (χ0) is 21.6. The summed E-state index contributed by atoms with van der Waals surface area (Å²) in [6.45, 7) is 2.71. The molecule has 0 unspecified atom stereocenters. The van der Waals surface area contributed by atoms with E-state index in [9.17, 15) is 18.0 Å². The van der Waals surface area contributed by atoms with Gasteiger partial charge in [0.15, 0.2) is 11.5 Å². The molecular weight excluding hydrogens is 395 g/mol. The number of dihydropyridines is 1. The molecule has 30 heavy (non-hydrogen) atoms. The molecule has 1 amide bonds. The van der Waals surface area contributed by atoms with Crippen molar-refractivity contribution in [3.8, 4) is 5.82 Å². The van der Waals surface area contributed by atoms with E-state index in [2.05, 4.69) is 27.3 Å². The van der Waals surface area contributed by atoms with Crippen LogP contribution in [-0.4, -0.2) is 33.4 Å². The van der Waals surface area contributed by atoms with Crippen LogP contribution in [0.5, 0.6) is 0 Å². The number of halogens is 3. The number of unbranched alkanes of at least 4 members (excludes halogenated alkanes) is 3. The maximum absolute atomic E-state index is 13.5. The number of nitrogens with one attached hydrogen (secondary N) is 1. The van der Waals surface area contributed by atoms with Gasteiger partial charge in [-0.1, -0.05) is 32.3 Å². The SMILES string of the molecule is CCCCCCC(=O)Nc1ccc(-n2nc(C3=CCCN=C3)cc2C(F)(F)F)nc1. The molecule has 2 aromatic heterocycles. The summed E-state index contributed by atoms with van der Waals surface area (Å²) in [4.78, 5) is 20.1. The van der Waals surface area contributed by atoms with Crippen LogP contribution >= 0.6 is 0 Å².